The molecular formula is C18H36BrN2O+. The van der Waals surface area contributed by atoms with Crippen molar-refractivity contribution in [3.8, 4) is 0 Å². The molecule has 0 spiro atoms. The van der Waals surface area contributed by atoms with E-state index in [9.17, 15) is 4.79 Å². The molecule has 1 amide bonds. The molecule has 0 aromatic heterocycles. The van der Waals surface area contributed by atoms with Crippen LogP contribution < -0.4 is 0 Å². The molecule has 1 unspecified atom stereocenters. The lowest BCUT2D eigenvalue weighted by Gasteiger charge is -2.40. The number of rotatable bonds is 3. The van der Waals surface area contributed by atoms with Gasteiger partial charge in [0.15, 0.2) is 0 Å². The number of hydrogen-bond acceptors (Lipinski definition) is 1. The summed E-state index contributed by atoms with van der Waals surface area (Å²) in [7, 11) is 2.27. The fourth-order valence-electron chi connectivity index (χ4n) is 2.64. The molecule has 0 aliphatic carbocycles. The molecule has 1 rings (SSSR count). The van der Waals surface area contributed by atoms with Crippen LogP contribution in [0.3, 0.4) is 0 Å². The van der Waals surface area contributed by atoms with Crippen molar-refractivity contribution >= 4 is 21.8 Å². The lowest BCUT2D eigenvalue weighted by atomic mass is 9.68. The minimum absolute atomic E-state index is 0.0182. The van der Waals surface area contributed by atoms with Gasteiger partial charge in [-0.25, -0.2) is 0 Å². The standard InChI is InChI=1S/C17H33N2O.CH3Br/c1-8-12-19(7)13-9-10-18(11-14-19)15(20)17(5,6)16(2,3)4;1-2/h8H,1,9-14H2,2-7H3;1H3/q+1;. The molecule has 0 radical (unpaired) electrons. The predicted octanol–water partition coefficient (Wildman–Crippen LogP) is 3.93. The van der Waals surface area contributed by atoms with Gasteiger partial charge in [-0.05, 0) is 17.3 Å². The van der Waals surface area contributed by atoms with E-state index in [-0.39, 0.29) is 10.8 Å². The van der Waals surface area contributed by atoms with Gasteiger partial charge in [-0.3, -0.25) is 4.79 Å². The molecule has 0 aromatic carbocycles. The number of hydrogen-bond donors (Lipinski definition) is 0. The number of alkyl halides is 1. The van der Waals surface area contributed by atoms with E-state index in [0.29, 0.717) is 5.91 Å². The zero-order valence-corrected chi connectivity index (χ0v) is 17.3. The largest absolute Gasteiger partial charge is 0.336 e. The first kappa shape index (κ1) is 21.6. The van der Waals surface area contributed by atoms with Crippen LogP contribution in [0.15, 0.2) is 12.7 Å². The van der Waals surface area contributed by atoms with E-state index < -0.39 is 0 Å². The average molecular weight is 376 g/mol. The Labute approximate surface area is 146 Å². The molecule has 1 fully saturated rings. The fourth-order valence-corrected chi connectivity index (χ4v) is 2.64. The molecule has 0 bridgehead atoms. The highest BCUT2D eigenvalue weighted by molar-refractivity contribution is 9.08. The van der Waals surface area contributed by atoms with Gasteiger partial charge in [0.1, 0.15) is 0 Å². The third-order valence-electron chi connectivity index (χ3n) is 5.30. The van der Waals surface area contributed by atoms with Crippen LogP contribution in [0.5, 0.6) is 0 Å². The van der Waals surface area contributed by atoms with Crippen molar-refractivity contribution in [2.24, 2.45) is 10.8 Å². The van der Waals surface area contributed by atoms with E-state index >= 15 is 0 Å². The van der Waals surface area contributed by atoms with Gasteiger partial charge in [-0.2, -0.15) is 0 Å². The Kier molecular flexibility index (Phi) is 8.35. The van der Waals surface area contributed by atoms with Gasteiger partial charge in [-0.1, -0.05) is 57.1 Å². The van der Waals surface area contributed by atoms with Crippen molar-refractivity contribution in [3.63, 3.8) is 0 Å². The molecule has 0 saturated carbocycles. The van der Waals surface area contributed by atoms with E-state index in [1.807, 2.05) is 11.9 Å². The van der Waals surface area contributed by atoms with Crippen molar-refractivity contribution in [1.29, 1.82) is 0 Å². The summed E-state index contributed by atoms with van der Waals surface area (Å²) < 4.78 is 1.00. The Morgan fingerprint density at radius 2 is 1.73 bits per heavy atom. The Morgan fingerprint density at radius 1 is 1.18 bits per heavy atom. The zero-order valence-electron chi connectivity index (χ0n) is 15.7. The molecule has 0 N–H and O–H groups in total. The van der Waals surface area contributed by atoms with Crippen molar-refractivity contribution in [2.75, 3.05) is 45.6 Å². The second-order valence-electron chi connectivity index (χ2n) is 8.06. The van der Waals surface area contributed by atoms with Crippen LogP contribution in [-0.2, 0) is 4.79 Å². The summed E-state index contributed by atoms with van der Waals surface area (Å²) in [6, 6.07) is 0. The van der Waals surface area contributed by atoms with Crippen LogP contribution in [0.25, 0.3) is 0 Å². The minimum atomic E-state index is -0.320. The van der Waals surface area contributed by atoms with Crippen LogP contribution in [0.4, 0.5) is 0 Å². The SMILES string of the molecule is C=CC[N+]1(C)CCCN(C(=O)C(C)(C)C(C)(C)C)CC1.CBr. The average Bonchev–Trinajstić information content (AvgIpc) is 2.61. The lowest BCUT2D eigenvalue weighted by Crippen LogP contribution is -2.50. The highest BCUT2D eigenvalue weighted by Gasteiger charge is 2.43. The normalized spacial score (nSPS) is 23.2. The van der Waals surface area contributed by atoms with Crippen LogP contribution in [0, 0.1) is 10.8 Å². The monoisotopic (exact) mass is 375 g/mol. The summed E-state index contributed by atoms with van der Waals surface area (Å²) in [4.78, 5) is 15.0. The molecule has 1 saturated heterocycles. The lowest BCUT2D eigenvalue weighted by molar-refractivity contribution is -0.902. The highest BCUT2D eigenvalue weighted by Crippen LogP contribution is 2.39. The molecule has 130 valence electrons. The van der Waals surface area contributed by atoms with Gasteiger partial charge in [-0.15, -0.1) is 0 Å². The van der Waals surface area contributed by atoms with E-state index in [0.717, 1.165) is 43.6 Å². The van der Waals surface area contributed by atoms with Crippen molar-refractivity contribution in [3.05, 3.63) is 12.7 Å². The molecule has 1 atom stereocenters. The molecule has 0 aromatic rings. The number of halogens is 1. The molecular weight excluding hydrogens is 340 g/mol. The number of quaternary nitrogens is 1. The molecule has 3 nitrogen and oxygen atoms in total. The van der Waals surface area contributed by atoms with Gasteiger partial charge in [0.05, 0.1) is 33.2 Å². The Hall–Kier alpha value is -0.350. The Bertz CT molecular complexity index is 374. The topological polar surface area (TPSA) is 20.3 Å². The number of carbonyl (C=O) groups excluding carboxylic acids is 1. The van der Waals surface area contributed by atoms with Crippen LogP contribution in [-0.4, -0.2) is 60.9 Å². The minimum Gasteiger partial charge on any atom is -0.336 e. The summed E-state index contributed by atoms with van der Waals surface area (Å²) in [6.07, 6.45) is 3.08. The maximum Gasteiger partial charge on any atom is 0.228 e. The second kappa shape index (κ2) is 8.49. The second-order valence-corrected chi connectivity index (χ2v) is 8.06. The Balaban J connectivity index is 0.00000211. The van der Waals surface area contributed by atoms with Crippen molar-refractivity contribution in [1.82, 2.24) is 4.90 Å². The first-order valence-electron chi connectivity index (χ1n) is 8.15. The maximum atomic E-state index is 12.9. The number of amides is 1. The summed E-state index contributed by atoms with van der Waals surface area (Å²) in [6.45, 7) is 19.4. The Morgan fingerprint density at radius 3 is 2.18 bits per heavy atom. The zero-order chi connectivity index (χ0) is 17.6. The fraction of sp³-hybridized carbons (Fsp3) is 0.833. The first-order valence-corrected chi connectivity index (χ1v) is 9.74. The van der Waals surface area contributed by atoms with Gasteiger partial charge >= 0.3 is 0 Å². The van der Waals surface area contributed by atoms with Gasteiger partial charge in [0, 0.05) is 18.4 Å². The van der Waals surface area contributed by atoms with Gasteiger partial charge in [0.25, 0.3) is 0 Å². The third kappa shape index (κ3) is 5.38. The quantitative estimate of drug-likeness (QED) is 0.415. The van der Waals surface area contributed by atoms with Gasteiger partial charge in [0.2, 0.25) is 5.91 Å². The number of nitrogens with zero attached hydrogens (tertiary/aromatic N) is 2. The number of carbonyl (C=O) groups is 1. The summed E-state index contributed by atoms with van der Waals surface area (Å²) in [5.41, 5.74) is -0.338. The summed E-state index contributed by atoms with van der Waals surface area (Å²) in [5.74, 6) is 2.12. The number of likely N-dealkylation sites (N-methyl/N-ethyl adjacent to an activating group) is 1. The summed E-state index contributed by atoms with van der Waals surface area (Å²) >= 11 is 2.94. The molecule has 4 heteroatoms. The smallest absolute Gasteiger partial charge is 0.228 e. The van der Waals surface area contributed by atoms with Crippen LogP contribution >= 0.6 is 15.9 Å². The first-order chi connectivity index (χ1) is 10.0. The van der Waals surface area contributed by atoms with E-state index in [1.165, 1.54) is 0 Å². The predicted molar refractivity (Wildman–Crippen MR) is 100 cm³/mol. The highest BCUT2D eigenvalue weighted by atomic mass is 79.9. The third-order valence-corrected chi connectivity index (χ3v) is 5.30. The van der Waals surface area contributed by atoms with Crippen LogP contribution in [0.1, 0.15) is 41.0 Å². The van der Waals surface area contributed by atoms with E-state index in [2.05, 4.69) is 69.1 Å². The van der Waals surface area contributed by atoms with Gasteiger partial charge < -0.3 is 9.38 Å². The molecule has 1 aliphatic heterocycles. The van der Waals surface area contributed by atoms with Crippen molar-refractivity contribution < 1.29 is 9.28 Å². The molecule has 1 heterocycles. The van der Waals surface area contributed by atoms with Crippen molar-refractivity contribution in [2.45, 2.75) is 41.0 Å². The maximum absolute atomic E-state index is 12.9. The van der Waals surface area contributed by atoms with E-state index in [4.69, 9.17) is 0 Å². The summed E-state index contributed by atoms with van der Waals surface area (Å²) in [5, 5.41) is 0. The van der Waals surface area contributed by atoms with E-state index in [1.54, 1.807) is 0 Å². The molecule has 1 aliphatic rings. The van der Waals surface area contributed by atoms with Crippen LogP contribution in [0.2, 0.25) is 0 Å². The molecule has 22 heavy (non-hydrogen) atoms.